The van der Waals surface area contributed by atoms with Gasteiger partial charge >= 0.3 is 0 Å². The molecule has 0 atom stereocenters. The number of rotatable bonds is 5. The summed E-state index contributed by atoms with van der Waals surface area (Å²) in [7, 11) is 0. The van der Waals surface area contributed by atoms with Crippen LogP contribution in [0.1, 0.15) is 24.2 Å². The zero-order valence-corrected chi connectivity index (χ0v) is 11.7. The van der Waals surface area contributed by atoms with E-state index in [9.17, 15) is 9.90 Å². The molecule has 0 saturated carbocycles. The van der Waals surface area contributed by atoms with Crippen LogP contribution in [0.15, 0.2) is 36.4 Å². The predicted molar refractivity (Wildman–Crippen MR) is 79.0 cm³/mol. The summed E-state index contributed by atoms with van der Waals surface area (Å²) >= 11 is 0. The molecule has 0 radical (unpaired) electrons. The normalized spacial score (nSPS) is 10.9. The molecule has 0 fully saturated rings. The molecule has 2 aromatic rings. The summed E-state index contributed by atoms with van der Waals surface area (Å²) < 4.78 is 5.35. The summed E-state index contributed by atoms with van der Waals surface area (Å²) in [6.45, 7) is 4.76. The van der Waals surface area contributed by atoms with Crippen molar-refractivity contribution in [3.63, 3.8) is 0 Å². The van der Waals surface area contributed by atoms with E-state index < -0.39 is 0 Å². The van der Waals surface area contributed by atoms with Gasteiger partial charge in [-0.2, -0.15) is 0 Å². The Morgan fingerprint density at radius 3 is 2.75 bits per heavy atom. The molecular formula is C16H19NO3. The summed E-state index contributed by atoms with van der Waals surface area (Å²) in [5, 5.41) is 14.5. The van der Waals surface area contributed by atoms with E-state index in [1.54, 1.807) is 12.1 Å². The van der Waals surface area contributed by atoms with Crippen LogP contribution >= 0.6 is 0 Å². The Hall–Kier alpha value is -2.07. The van der Waals surface area contributed by atoms with Crippen LogP contribution in [-0.4, -0.2) is 30.3 Å². The monoisotopic (exact) mass is 273 g/mol. The van der Waals surface area contributed by atoms with Gasteiger partial charge in [-0.1, -0.05) is 30.3 Å². The third kappa shape index (κ3) is 3.27. The van der Waals surface area contributed by atoms with Crippen molar-refractivity contribution in [3.05, 3.63) is 42.0 Å². The summed E-state index contributed by atoms with van der Waals surface area (Å²) in [6, 6.07) is 10.9. The number of hydrogen-bond acceptors (Lipinski definition) is 3. The van der Waals surface area contributed by atoms with Gasteiger partial charge in [0.05, 0.1) is 18.3 Å². The van der Waals surface area contributed by atoms with Gasteiger partial charge in [0.1, 0.15) is 5.75 Å². The molecule has 106 valence electrons. The summed E-state index contributed by atoms with van der Waals surface area (Å²) in [4.78, 5) is 12.0. The van der Waals surface area contributed by atoms with Gasteiger partial charge in [-0.3, -0.25) is 4.79 Å². The largest absolute Gasteiger partial charge is 0.506 e. The third-order valence-electron chi connectivity index (χ3n) is 2.98. The number of nitrogens with one attached hydrogen (secondary N) is 1. The molecule has 2 rings (SSSR count). The Kier molecular flexibility index (Phi) is 4.58. The zero-order chi connectivity index (χ0) is 14.5. The van der Waals surface area contributed by atoms with Crippen LogP contribution in [0, 0.1) is 0 Å². The number of ether oxygens (including phenoxy) is 1. The van der Waals surface area contributed by atoms with Crippen LogP contribution in [0.4, 0.5) is 0 Å². The maximum absolute atomic E-state index is 12.0. The first-order valence-corrected chi connectivity index (χ1v) is 6.70. The molecular weight excluding hydrogens is 254 g/mol. The van der Waals surface area contributed by atoms with Crippen LogP contribution in [0.2, 0.25) is 0 Å². The fourth-order valence-electron chi connectivity index (χ4n) is 1.99. The highest BCUT2D eigenvalue weighted by molar-refractivity contribution is 6.03. The number of hydrogen-bond donors (Lipinski definition) is 2. The minimum Gasteiger partial charge on any atom is -0.506 e. The van der Waals surface area contributed by atoms with E-state index in [0.29, 0.717) is 18.5 Å². The maximum Gasteiger partial charge on any atom is 0.255 e. The number of amides is 1. The SMILES string of the molecule is CC(C)OCCNC(=O)c1ccc2ccccc2c1O. The molecule has 0 aliphatic heterocycles. The quantitative estimate of drug-likeness (QED) is 0.823. The maximum atomic E-state index is 12.0. The van der Waals surface area contributed by atoms with Crippen molar-refractivity contribution < 1.29 is 14.6 Å². The van der Waals surface area contributed by atoms with Gasteiger partial charge in [0.25, 0.3) is 5.91 Å². The number of carbonyl (C=O) groups is 1. The van der Waals surface area contributed by atoms with Gasteiger partial charge in [-0.15, -0.1) is 0 Å². The van der Waals surface area contributed by atoms with Crippen molar-refractivity contribution in [2.45, 2.75) is 20.0 Å². The van der Waals surface area contributed by atoms with E-state index in [1.165, 1.54) is 0 Å². The lowest BCUT2D eigenvalue weighted by atomic mass is 10.0. The standard InChI is InChI=1S/C16H19NO3/c1-11(2)20-10-9-17-16(19)14-8-7-12-5-3-4-6-13(12)15(14)18/h3-8,11,18H,9-10H2,1-2H3,(H,17,19). The molecule has 0 aliphatic carbocycles. The van der Waals surface area contributed by atoms with Crippen molar-refractivity contribution in [3.8, 4) is 5.75 Å². The smallest absolute Gasteiger partial charge is 0.255 e. The topological polar surface area (TPSA) is 58.6 Å². The minimum atomic E-state index is -0.291. The molecule has 0 aromatic heterocycles. The average molecular weight is 273 g/mol. The molecule has 20 heavy (non-hydrogen) atoms. The fourth-order valence-corrected chi connectivity index (χ4v) is 1.99. The van der Waals surface area contributed by atoms with Crippen molar-refractivity contribution in [2.75, 3.05) is 13.2 Å². The molecule has 0 unspecified atom stereocenters. The van der Waals surface area contributed by atoms with E-state index in [1.807, 2.05) is 38.1 Å². The molecule has 0 bridgehead atoms. The molecule has 4 nitrogen and oxygen atoms in total. The summed E-state index contributed by atoms with van der Waals surface area (Å²) in [6.07, 6.45) is 0.140. The zero-order valence-electron chi connectivity index (χ0n) is 11.7. The first-order valence-electron chi connectivity index (χ1n) is 6.70. The molecule has 1 amide bonds. The van der Waals surface area contributed by atoms with E-state index in [4.69, 9.17) is 4.74 Å². The first kappa shape index (κ1) is 14.3. The second kappa shape index (κ2) is 6.39. The van der Waals surface area contributed by atoms with Crippen molar-refractivity contribution in [1.82, 2.24) is 5.32 Å². The number of carbonyl (C=O) groups excluding carboxylic acids is 1. The number of aromatic hydroxyl groups is 1. The molecule has 0 spiro atoms. The minimum absolute atomic E-state index is 0.0189. The van der Waals surface area contributed by atoms with Gasteiger partial charge in [0.15, 0.2) is 0 Å². The molecule has 0 saturated heterocycles. The lowest BCUT2D eigenvalue weighted by Crippen LogP contribution is -2.28. The van der Waals surface area contributed by atoms with E-state index in [0.717, 1.165) is 5.39 Å². The Labute approximate surface area is 118 Å². The molecule has 4 heteroatoms. The average Bonchev–Trinajstić information content (AvgIpc) is 2.44. The number of phenolic OH excluding ortho intramolecular Hbond substituents is 1. The van der Waals surface area contributed by atoms with Gasteiger partial charge in [0.2, 0.25) is 0 Å². The van der Waals surface area contributed by atoms with Gasteiger partial charge in [-0.25, -0.2) is 0 Å². The third-order valence-corrected chi connectivity index (χ3v) is 2.98. The Morgan fingerprint density at radius 1 is 1.25 bits per heavy atom. The summed E-state index contributed by atoms with van der Waals surface area (Å²) in [5.41, 5.74) is 0.285. The highest BCUT2D eigenvalue weighted by Crippen LogP contribution is 2.28. The van der Waals surface area contributed by atoms with Gasteiger partial charge < -0.3 is 15.2 Å². The van der Waals surface area contributed by atoms with E-state index >= 15 is 0 Å². The van der Waals surface area contributed by atoms with Crippen LogP contribution in [0.5, 0.6) is 5.75 Å². The lowest BCUT2D eigenvalue weighted by Gasteiger charge is -2.10. The van der Waals surface area contributed by atoms with Crippen molar-refractivity contribution in [1.29, 1.82) is 0 Å². The van der Waals surface area contributed by atoms with Crippen molar-refractivity contribution >= 4 is 16.7 Å². The highest BCUT2D eigenvalue weighted by Gasteiger charge is 2.13. The highest BCUT2D eigenvalue weighted by atomic mass is 16.5. The second-order valence-electron chi connectivity index (χ2n) is 4.86. The van der Waals surface area contributed by atoms with Crippen LogP contribution < -0.4 is 5.32 Å². The van der Waals surface area contributed by atoms with E-state index in [-0.39, 0.29) is 23.3 Å². The van der Waals surface area contributed by atoms with Crippen molar-refractivity contribution in [2.24, 2.45) is 0 Å². The Balaban J connectivity index is 2.08. The second-order valence-corrected chi connectivity index (χ2v) is 4.86. The number of benzene rings is 2. The fraction of sp³-hybridized carbons (Fsp3) is 0.312. The molecule has 0 heterocycles. The lowest BCUT2D eigenvalue weighted by molar-refractivity contribution is 0.0745. The predicted octanol–water partition coefficient (Wildman–Crippen LogP) is 2.70. The van der Waals surface area contributed by atoms with Gasteiger partial charge in [0, 0.05) is 11.9 Å². The Morgan fingerprint density at radius 2 is 2.00 bits per heavy atom. The molecule has 2 aromatic carbocycles. The summed E-state index contributed by atoms with van der Waals surface area (Å²) in [5.74, 6) is -0.272. The van der Waals surface area contributed by atoms with E-state index in [2.05, 4.69) is 5.32 Å². The van der Waals surface area contributed by atoms with Gasteiger partial charge in [-0.05, 0) is 25.3 Å². The number of fused-ring (bicyclic) bond motifs is 1. The Bertz CT molecular complexity index is 608. The van der Waals surface area contributed by atoms with Crippen LogP contribution in [0.25, 0.3) is 10.8 Å². The number of phenols is 1. The first-order chi connectivity index (χ1) is 9.59. The molecule has 0 aliphatic rings. The van der Waals surface area contributed by atoms with Crippen LogP contribution in [-0.2, 0) is 4.74 Å². The van der Waals surface area contributed by atoms with Crippen LogP contribution in [0.3, 0.4) is 0 Å². The molecule has 2 N–H and O–H groups in total.